The Bertz CT molecular complexity index is 548. The van der Waals surface area contributed by atoms with Gasteiger partial charge in [-0.3, -0.25) is 0 Å². The molecule has 1 saturated carbocycles. The van der Waals surface area contributed by atoms with Gasteiger partial charge in [-0.1, -0.05) is 18.9 Å². The average molecular weight is 271 g/mol. The minimum Gasteiger partial charge on any atom is -0.330 e. The van der Waals surface area contributed by atoms with Gasteiger partial charge in [-0.15, -0.1) is 0 Å². The highest BCUT2D eigenvalue weighted by atomic mass is 32.2. The predicted octanol–water partition coefficient (Wildman–Crippen LogP) is 2.00. The number of nitrogens with two attached hydrogens (primary N) is 1. The van der Waals surface area contributed by atoms with Crippen LogP contribution in [0.3, 0.4) is 0 Å². The number of rotatable bonds is 3. The molecule has 0 unspecified atom stereocenters. The number of hydrogen-bond donors (Lipinski definition) is 1. The normalized spacial score (nSPS) is 19.1. The first-order valence-electron chi connectivity index (χ1n) is 6.09. The summed E-state index contributed by atoms with van der Waals surface area (Å²) >= 11 is 0. The highest BCUT2D eigenvalue weighted by molar-refractivity contribution is 7.90. The van der Waals surface area contributed by atoms with Crippen LogP contribution in [0.2, 0.25) is 0 Å². The molecular weight excluding hydrogens is 253 g/mol. The second-order valence-corrected chi connectivity index (χ2v) is 7.09. The van der Waals surface area contributed by atoms with E-state index in [1.165, 1.54) is 12.1 Å². The molecule has 0 bridgehead atoms. The molecule has 2 N–H and O–H groups in total. The average Bonchev–Trinajstić information content (AvgIpc) is 2.78. The van der Waals surface area contributed by atoms with Crippen molar-refractivity contribution in [1.29, 1.82) is 0 Å². The first-order chi connectivity index (χ1) is 8.39. The van der Waals surface area contributed by atoms with Gasteiger partial charge in [-0.25, -0.2) is 12.8 Å². The van der Waals surface area contributed by atoms with Gasteiger partial charge in [-0.05, 0) is 30.5 Å². The van der Waals surface area contributed by atoms with Crippen LogP contribution in [-0.4, -0.2) is 21.2 Å². The highest BCUT2D eigenvalue weighted by Gasteiger charge is 2.35. The SMILES string of the molecule is CS(=O)(=O)c1cc(C2(CN)CCCC2)ccc1F. The molecule has 0 spiro atoms. The third-order valence-electron chi connectivity index (χ3n) is 3.89. The van der Waals surface area contributed by atoms with E-state index in [9.17, 15) is 12.8 Å². The van der Waals surface area contributed by atoms with E-state index in [4.69, 9.17) is 5.73 Å². The molecule has 3 nitrogen and oxygen atoms in total. The molecule has 0 heterocycles. The first-order valence-corrected chi connectivity index (χ1v) is 7.98. The van der Waals surface area contributed by atoms with Gasteiger partial charge in [0, 0.05) is 18.2 Å². The molecule has 0 saturated heterocycles. The molecule has 5 heteroatoms. The third kappa shape index (κ3) is 2.29. The summed E-state index contributed by atoms with van der Waals surface area (Å²) in [5.41, 5.74) is 6.53. The fourth-order valence-corrected chi connectivity index (χ4v) is 3.54. The maximum atomic E-state index is 13.6. The Morgan fingerprint density at radius 3 is 2.44 bits per heavy atom. The Balaban J connectivity index is 2.53. The lowest BCUT2D eigenvalue weighted by Gasteiger charge is -2.28. The van der Waals surface area contributed by atoms with E-state index < -0.39 is 15.7 Å². The summed E-state index contributed by atoms with van der Waals surface area (Å²) < 4.78 is 36.7. The zero-order valence-corrected chi connectivity index (χ0v) is 11.3. The largest absolute Gasteiger partial charge is 0.330 e. The topological polar surface area (TPSA) is 60.2 Å². The molecule has 0 aliphatic heterocycles. The number of hydrogen-bond acceptors (Lipinski definition) is 3. The Hall–Kier alpha value is -0.940. The van der Waals surface area contributed by atoms with Gasteiger partial charge in [0.05, 0.1) is 0 Å². The van der Waals surface area contributed by atoms with Crippen molar-refractivity contribution in [3.05, 3.63) is 29.6 Å². The Labute approximate surface area is 107 Å². The van der Waals surface area contributed by atoms with E-state index >= 15 is 0 Å². The molecule has 1 aromatic carbocycles. The van der Waals surface area contributed by atoms with Gasteiger partial charge in [-0.2, -0.15) is 0 Å². The van der Waals surface area contributed by atoms with Crippen molar-refractivity contribution >= 4 is 9.84 Å². The van der Waals surface area contributed by atoms with Gasteiger partial charge >= 0.3 is 0 Å². The van der Waals surface area contributed by atoms with E-state index in [1.807, 2.05) is 0 Å². The summed E-state index contributed by atoms with van der Waals surface area (Å²) in [5.74, 6) is -0.689. The van der Waals surface area contributed by atoms with Gasteiger partial charge < -0.3 is 5.73 Å². The van der Waals surface area contributed by atoms with Gasteiger partial charge in [0.25, 0.3) is 0 Å². The maximum absolute atomic E-state index is 13.6. The van der Waals surface area contributed by atoms with E-state index in [-0.39, 0.29) is 10.3 Å². The van der Waals surface area contributed by atoms with Crippen molar-refractivity contribution in [3.8, 4) is 0 Å². The molecule has 18 heavy (non-hydrogen) atoms. The Kier molecular flexibility index (Phi) is 3.47. The minimum absolute atomic E-state index is 0.173. The van der Waals surface area contributed by atoms with E-state index in [0.717, 1.165) is 37.5 Å². The van der Waals surface area contributed by atoms with E-state index in [2.05, 4.69) is 0 Å². The van der Waals surface area contributed by atoms with Crippen molar-refractivity contribution in [3.63, 3.8) is 0 Å². The van der Waals surface area contributed by atoms with Gasteiger partial charge in [0.2, 0.25) is 0 Å². The van der Waals surface area contributed by atoms with E-state index in [1.54, 1.807) is 6.07 Å². The number of halogens is 1. The molecule has 0 atom stereocenters. The molecule has 1 aliphatic carbocycles. The van der Waals surface area contributed by atoms with Crippen LogP contribution >= 0.6 is 0 Å². The molecule has 1 fully saturated rings. The monoisotopic (exact) mass is 271 g/mol. The summed E-state index contributed by atoms with van der Waals surface area (Å²) in [5, 5.41) is 0. The standard InChI is InChI=1S/C13H18FNO2S/c1-18(16,17)12-8-10(4-5-11(12)14)13(9-15)6-2-3-7-13/h4-5,8H,2-3,6-7,9,15H2,1H3. The molecule has 0 radical (unpaired) electrons. The molecule has 0 amide bonds. The molecule has 1 aliphatic rings. The van der Waals surface area contributed by atoms with Crippen LogP contribution in [-0.2, 0) is 15.3 Å². The quantitative estimate of drug-likeness (QED) is 0.914. The highest BCUT2D eigenvalue weighted by Crippen LogP contribution is 2.41. The molecular formula is C13H18FNO2S. The van der Waals surface area contributed by atoms with Crippen LogP contribution in [0.5, 0.6) is 0 Å². The molecule has 1 aromatic rings. The summed E-state index contributed by atoms with van der Waals surface area (Å²) in [7, 11) is -3.54. The maximum Gasteiger partial charge on any atom is 0.178 e. The Morgan fingerprint density at radius 2 is 1.94 bits per heavy atom. The molecule has 0 aromatic heterocycles. The van der Waals surface area contributed by atoms with Crippen molar-refractivity contribution in [1.82, 2.24) is 0 Å². The van der Waals surface area contributed by atoms with Crippen LogP contribution in [0.4, 0.5) is 4.39 Å². The molecule has 100 valence electrons. The lowest BCUT2D eigenvalue weighted by atomic mass is 9.79. The zero-order chi connectivity index (χ0) is 13.4. The summed E-state index contributed by atoms with van der Waals surface area (Å²) in [6, 6.07) is 4.37. The summed E-state index contributed by atoms with van der Waals surface area (Å²) in [6.07, 6.45) is 5.08. The van der Waals surface area contributed by atoms with Crippen LogP contribution in [0.25, 0.3) is 0 Å². The fraction of sp³-hybridized carbons (Fsp3) is 0.538. The third-order valence-corrected chi connectivity index (χ3v) is 5.01. The Morgan fingerprint density at radius 1 is 1.33 bits per heavy atom. The number of benzene rings is 1. The summed E-state index contributed by atoms with van der Waals surface area (Å²) in [4.78, 5) is -0.222. The summed E-state index contributed by atoms with van der Waals surface area (Å²) in [6.45, 7) is 0.474. The van der Waals surface area contributed by atoms with E-state index in [0.29, 0.717) is 6.54 Å². The second-order valence-electron chi connectivity index (χ2n) is 5.11. The minimum atomic E-state index is -3.54. The van der Waals surface area contributed by atoms with Gasteiger partial charge in [0.15, 0.2) is 9.84 Å². The van der Waals surface area contributed by atoms with Crippen LogP contribution < -0.4 is 5.73 Å². The van der Waals surface area contributed by atoms with Crippen molar-refractivity contribution < 1.29 is 12.8 Å². The van der Waals surface area contributed by atoms with Crippen LogP contribution in [0.15, 0.2) is 23.1 Å². The first kappa shape index (κ1) is 13.5. The van der Waals surface area contributed by atoms with Gasteiger partial charge in [0.1, 0.15) is 10.7 Å². The smallest absolute Gasteiger partial charge is 0.178 e. The lowest BCUT2D eigenvalue weighted by molar-refractivity contribution is 0.449. The molecule has 2 rings (SSSR count). The van der Waals surface area contributed by atoms with Crippen molar-refractivity contribution in [2.45, 2.75) is 36.0 Å². The fourth-order valence-electron chi connectivity index (χ4n) is 2.78. The van der Waals surface area contributed by atoms with Crippen molar-refractivity contribution in [2.75, 3.05) is 12.8 Å². The zero-order valence-electron chi connectivity index (χ0n) is 10.4. The van der Waals surface area contributed by atoms with Crippen LogP contribution in [0, 0.1) is 5.82 Å². The predicted molar refractivity (Wildman–Crippen MR) is 68.7 cm³/mol. The second kappa shape index (κ2) is 4.63. The van der Waals surface area contributed by atoms with Crippen molar-refractivity contribution in [2.24, 2.45) is 5.73 Å². The van der Waals surface area contributed by atoms with Crippen LogP contribution in [0.1, 0.15) is 31.2 Å². The lowest BCUT2D eigenvalue weighted by Crippen LogP contribution is -2.32. The number of sulfone groups is 1.